The van der Waals surface area contributed by atoms with Gasteiger partial charge in [-0.1, -0.05) is 46.3 Å². The van der Waals surface area contributed by atoms with Crippen molar-refractivity contribution in [2.24, 2.45) is 0 Å². The molecule has 9 heteroatoms. The van der Waals surface area contributed by atoms with Crippen LogP contribution in [0.15, 0.2) is 47.0 Å². The van der Waals surface area contributed by atoms with Gasteiger partial charge in [0.2, 0.25) is 5.82 Å². The van der Waals surface area contributed by atoms with Gasteiger partial charge in [-0.2, -0.15) is 4.98 Å². The van der Waals surface area contributed by atoms with Gasteiger partial charge in [0.1, 0.15) is 6.10 Å². The molecule has 1 aliphatic rings. The Kier molecular flexibility index (Phi) is 4.87. The lowest BCUT2D eigenvalue weighted by atomic mass is 10.1. The van der Waals surface area contributed by atoms with Crippen molar-refractivity contribution in [2.75, 3.05) is 14.2 Å². The highest BCUT2D eigenvalue weighted by atomic mass is 16.5. The first-order chi connectivity index (χ1) is 15.2. The van der Waals surface area contributed by atoms with E-state index in [0.29, 0.717) is 47.6 Å². The Hall–Kier alpha value is -3.72. The number of aryl methyl sites for hydroxylation is 1. The van der Waals surface area contributed by atoms with E-state index in [1.54, 1.807) is 20.3 Å². The van der Waals surface area contributed by atoms with Crippen LogP contribution in [0.3, 0.4) is 0 Å². The van der Waals surface area contributed by atoms with Gasteiger partial charge >= 0.3 is 0 Å². The van der Waals surface area contributed by atoms with Crippen LogP contribution in [0.1, 0.15) is 22.9 Å². The van der Waals surface area contributed by atoms with Crippen molar-refractivity contribution in [1.82, 2.24) is 25.1 Å². The molecular formula is C22H21N5O4. The third-order valence-corrected chi connectivity index (χ3v) is 5.32. The predicted octanol–water partition coefficient (Wildman–Crippen LogP) is 3.59. The van der Waals surface area contributed by atoms with E-state index in [2.05, 4.69) is 51.6 Å². The van der Waals surface area contributed by atoms with E-state index in [9.17, 15) is 0 Å². The van der Waals surface area contributed by atoms with Gasteiger partial charge in [0.15, 0.2) is 17.2 Å². The summed E-state index contributed by atoms with van der Waals surface area (Å²) in [7, 11) is 3.14. The molecule has 0 saturated heterocycles. The van der Waals surface area contributed by atoms with E-state index < -0.39 is 0 Å². The largest absolute Gasteiger partial charge is 0.493 e. The van der Waals surface area contributed by atoms with Crippen molar-refractivity contribution in [2.45, 2.75) is 26.2 Å². The Balaban J connectivity index is 1.43. The Morgan fingerprint density at radius 3 is 2.68 bits per heavy atom. The molecule has 0 aliphatic carbocycles. The number of ether oxygens (including phenoxy) is 3. The summed E-state index contributed by atoms with van der Waals surface area (Å²) in [5.41, 5.74) is 4.31. The van der Waals surface area contributed by atoms with E-state index in [1.165, 1.54) is 5.56 Å². The maximum Gasteiger partial charge on any atom is 0.262 e. The second-order valence-electron chi connectivity index (χ2n) is 7.24. The molecule has 2 aromatic carbocycles. The molecule has 31 heavy (non-hydrogen) atoms. The maximum atomic E-state index is 6.09. The minimum Gasteiger partial charge on any atom is -0.493 e. The van der Waals surface area contributed by atoms with Crippen molar-refractivity contribution in [3.05, 3.63) is 59.3 Å². The molecule has 158 valence electrons. The molecule has 4 aromatic rings. The first-order valence-electron chi connectivity index (χ1n) is 9.84. The van der Waals surface area contributed by atoms with E-state index >= 15 is 0 Å². The fraction of sp³-hybridized carbons (Fsp3) is 0.273. The number of hydrogen-bond donors (Lipinski definition) is 0. The standard InChI is InChI=1S/C22H21N5O4/c1-13-7-9-14(10-8-13)18-11-27-16(12-30-18)19(24-26-27)21-23-22(31-25-21)15-5-4-6-17(28-2)20(15)29-3/h4-10,18H,11-12H2,1-3H3/t18-/m1/s1. The number of fused-ring (bicyclic) bond motifs is 1. The van der Waals surface area contributed by atoms with Crippen molar-refractivity contribution in [3.63, 3.8) is 0 Å². The van der Waals surface area contributed by atoms with Gasteiger partial charge in [0.05, 0.1) is 38.6 Å². The molecule has 1 atom stereocenters. The molecule has 0 saturated carbocycles. The molecule has 0 unspecified atom stereocenters. The molecule has 3 heterocycles. The highest BCUT2D eigenvalue weighted by molar-refractivity contribution is 5.69. The second kappa shape index (κ2) is 7.84. The average molecular weight is 419 g/mol. The van der Waals surface area contributed by atoms with Gasteiger partial charge < -0.3 is 18.7 Å². The van der Waals surface area contributed by atoms with E-state index in [4.69, 9.17) is 18.7 Å². The Bertz CT molecular complexity index is 1220. The van der Waals surface area contributed by atoms with Crippen molar-refractivity contribution >= 4 is 0 Å². The zero-order valence-electron chi connectivity index (χ0n) is 17.4. The lowest BCUT2D eigenvalue weighted by molar-refractivity contribution is -0.00112. The first kappa shape index (κ1) is 19.3. The third kappa shape index (κ3) is 3.42. The smallest absolute Gasteiger partial charge is 0.262 e. The van der Waals surface area contributed by atoms with Gasteiger partial charge in [0.25, 0.3) is 5.89 Å². The molecule has 5 rings (SSSR count). The van der Waals surface area contributed by atoms with Crippen LogP contribution in [-0.2, 0) is 17.9 Å². The van der Waals surface area contributed by atoms with Crippen LogP contribution in [0.25, 0.3) is 23.0 Å². The Morgan fingerprint density at radius 1 is 1.06 bits per heavy atom. The number of methoxy groups -OCH3 is 2. The third-order valence-electron chi connectivity index (χ3n) is 5.32. The molecule has 9 nitrogen and oxygen atoms in total. The van der Waals surface area contributed by atoms with E-state index in [0.717, 1.165) is 11.3 Å². The van der Waals surface area contributed by atoms with Crippen LogP contribution in [0.2, 0.25) is 0 Å². The van der Waals surface area contributed by atoms with Crippen LogP contribution >= 0.6 is 0 Å². The summed E-state index contributed by atoms with van der Waals surface area (Å²) >= 11 is 0. The molecule has 2 aromatic heterocycles. The molecule has 1 aliphatic heterocycles. The van der Waals surface area contributed by atoms with Crippen LogP contribution in [-0.4, -0.2) is 39.4 Å². The number of hydrogen-bond acceptors (Lipinski definition) is 8. The Labute approximate surface area is 178 Å². The molecule has 0 N–H and O–H groups in total. The summed E-state index contributed by atoms with van der Waals surface area (Å²) in [6.07, 6.45) is -0.0791. The number of nitrogens with zero attached hydrogens (tertiary/aromatic N) is 5. The van der Waals surface area contributed by atoms with Crippen molar-refractivity contribution in [3.8, 4) is 34.5 Å². The van der Waals surface area contributed by atoms with Gasteiger partial charge in [-0.05, 0) is 24.6 Å². The molecular weight excluding hydrogens is 398 g/mol. The van der Waals surface area contributed by atoms with Gasteiger partial charge in [-0.3, -0.25) is 0 Å². The fourth-order valence-electron chi connectivity index (χ4n) is 3.65. The summed E-state index contributed by atoms with van der Waals surface area (Å²) in [5, 5.41) is 12.7. The monoisotopic (exact) mass is 419 g/mol. The average Bonchev–Trinajstić information content (AvgIpc) is 3.45. The quantitative estimate of drug-likeness (QED) is 0.484. The summed E-state index contributed by atoms with van der Waals surface area (Å²) in [5.74, 6) is 1.76. The van der Waals surface area contributed by atoms with Gasteiger partial charge in [-0.15, -0.1) is 5.10 Å². The minimum absolute atomic E-state index is 0.0791. The lowest BCUT2D eigenvalue weighted by Crippen LogP contribution is -2.22. The highest BCUT2D eigenvalue weighted by Gasteiger charge is 2.28. The lowest BCUT2D eigenvalue weighted by Gasteiger charge is -2.24. The summed E-state index contributed by atoms with van der Waals surface area (Å²) in [4.78, 5) is 4.52. The zero-order valence-corrected chi connectivity index (χ0v) is 17.4. The summed E-state index contributed by atoms with van der Waals surface area (Å²) in [6.45, 7) is 2.99. The second-order valence-corrected chi connectivity index (χ2v) is 7.24. The highest BCUT2D eigenvalue weighted by Crippen LogP contribution is 2.38. The number of rotatable bonds is 5. The summed E-state index contributed by atoms with van der Waals surface area (Å²) in [6, 6.07) is 13.8. The SMILES string of the molecule is COc1cccc(-c2nc(-c3nnn4c3CO[C@@H](c3ccc(C)cc3)C4)no2)c1OC. The molecule has 0 radical (unpaired) electrons. The van der Waals surface area contributed by atoms with Crippen LogP contribution in [0.4, 0.5) is 0 Å². The molecule has 0 spiro atoms. The van der Waals surface area contributed by atoms with Crippen molar-refractivity contribution in [1.29, 1.82) is 0 Å². The molecule has 0 fully saturated rings. The predicted molar refractivity (Wildman–Crippen MR) is 111 cm³/mol. The molecule has 0 amide bonds. The normalized spacial score (nSPS) is 15.5. The fourth-order valence-corrected chi connectivity index (χ4v) is 3.65. The number of para-hydroxylation sites is 1. The van der Waals surface area contributed by atoms with E-state index in [1.807, 2.05) is 16.8 Å². The van der Waals surface area contributed by atoms with Crippen LogP contribution < -0.4 is 9.47 Å². The van der Waals surface area contributed by atoms with E-state index in [-0.39, 0.29) is 6.10 Å². The van der Waals surface area contributed by atoms with Crippen LogP contribution in [0, 0.1) is 6.92 Å². The zero-order chi connectivity index (χ0) is 21.4. The van der Waals surface area contributed by atoms with Gasteiger partial charge in [-0.25, -0.2) is 4.68 Å². The molecule has 0 bridgehead atoms. The Morgan fingerprint density at radius 2 is 1.90 bits per heavy atom. The van der Waals surface area contributed by atoms with Crippen LogP contribution in [0.5, 0.6) is 11.5 Å². The van der Waals surface area contributed by atoms with Crippen molar-refractivity contribution < 1.29 is 18.7 Å². The topological polar surface area (TPSA) is 97.3 Å². The maximum absolute atomic E-state index is 6.09. The minimum atomic E-state index is -0.0791. The van der Waals surface area contributed by atoms with Gasteiger partial charge in [0, 0.05) is 0 Å². The number of aromatic nitrogens is 5. The number of benzene rings is 2. The first-order valence-corrected chi connectivity index (χ1v) is 9.84. The summed E-state index contributed by atoms with van der Waals surface area (Å²) < 4.78 is 24.2.